The maximum Gasteiger partial charge on any atom is 0.224 e. The van der Waals surface area contributed by atoms with E-state index in [0.29, 0.717) is 6.42 Å². The van der Waals surface area contributed by atoms with Gasteiger partial charge < -0.3 is 10.6 Å². The summed E-state index contributed by atoms with van der Waals surface area (Å²) >= 11 is 0. The van der Waals surface area contributed by atoms with E-state index in [2.05, 4.69) is 13.8 Å². The molecule has 0 spiro atoms. The maximum absolute atomic E-state index is 12.1. The second-order valence-corrected chi connectivity index (χ2v) is 5.13. The Hall–Kier alpha value is -0.570. The van der Waals surface area contributed by atoms with Gasteiger partial charge in [-0.05, 0) is 25.7 Å². The van der Waals surface area contributed by atoms with Crippen molar-refractivity contribution in [1.82, 2.24) is 4.90 Å². The van der Waals surface area contributed by atoms with Crippen LogP contribution in [0.3, 0.4) is 0 Å². The zero-order chi connectivity index (χ0) is 12.0. The number of rotatable bonds is 6. The minimum atomic E-state index is -0.198. The Morgan fingerprint density at radius 1 is 1.19 bits per heavy atom. The van der Waals surface area contributed by atoms with E-state index in [1.807, 2.05) is 4.90 Å². The van der Waals surface area contributed by atoms with Crippen LogP contribution in [0, 0.1) is 0 Å². The van der Waals surface area contributed by atoms with Crippen molar-refractivity contribution in [2.75, 3.05) is 13.1 Å². The molecule has 0 heterocycles. The molecule has 1 rings (SSSR count). The molecule has 0 aromatic rings. The average molecular weight is 226 g/mol. The molecule has 1 aliphatic carbocycles. The summed E-state index contributed by atoms with van der Waals surface area (Å²) in [5, 5.41) is 0. The molecule has 16 heavy (non-hydrogen) atoms. The van der Waals surface area contributed by atoms with Gasteiger partial charge in [-0.1, -0.05) is 26.7 Å². The Kier molecular flexibility index (Phi) is 5.26. The van der Waals surface area contributed by atoms with Crippen molar-refractivity contribution in [2.45, 2.75) is 64.3 Å². The number of carbonyl (C=O) groups excluding carboxylic acids is 1. The van der Waals surface area contributed by atoms with Crippen molar-refractivity contribution in [3.8, 4) is 0 Å². The van der Waals surface area contributed by atoms with Crippen LogP contribution in [0.25, 0.3) is 0 Å². The summed E-state index contributed by atoms with van der Waals surface area (Å²) in [6.45, 7) is 5.99. The smallest absolute Gasteiger partial charge is 0.224 e. The van der Waals surface area contributed by atoms with Crippen LogP contribution in [0.5, 0.6) is 0 Å². The van der Waals surface area contributed by atoms with E-state index in [1.54, 1.807) is 0 Å². The molecule has 1 amide bonds. The molecular weight excluding hydrogens is 200 g/mol. The van der Waals surface area contributed by atoms with Crippen molar-refractivity contribution in [3.05, 3.63) is 0 Å². The van der Waals surface area contributed by atoms with Crippen molar-refractivity contribution in [1.29, 1.82) is 0 Å². The fourth-order valence-electron chi connectivity index (χ4n) is 2.57. The van der Waals surface area contributed by atoms with Crippen LogP contribution >= 0.6 is 0 Å². The van der Waals surface area contributed by atoms with E-state index >= 15 is 0 Å². The molecule has 0 aromatic carbocycles. The molecule has 0 saturated heterocycles. The SMILES string of the molecule is CCCN(CCC)C(=O)CC1(N)CCCC1. The minimum absolute atomic E-state index is 0.198. The predicted molar refractivity (Wildman–Crippen MR) is 67.2 cm³/mol. The third kappa shape index (κ3) is 3.78. The lowest BCUT2D eigenvalue weighted by Gasteiger charge is -2.28. The normalized spacial score (nSPS) is 18.7. The van der Waals surface area contributed by atoms with Crippen LogP contribution in [0.4, 0.5) is 0 Å². The third-order valence-electron chi connectivity index (χ3n) is 3.44. The largest absolute Gasteiger partial charge is 0.343 e. The summed E-state index contributed by atoms with van der Waals surface area (Å²) in [5.74, 6) is 0.258. The monoisotopic (exact) mass is 226 g/mol. The molecule has 0 aromatic heterocycles. The molecule has 94 valence electrons. The van der Waals surface area contributed by atoms with Crippen molar-refractivity contribution < 1.29 is 4.79 Å². The van der Waals surface area contributed by atoms with Crippen LogP contribution in [-0.2, 0) is 4.79 Å². The molecule has 3 nitrogen and oxygen atoms in total. The molecule has 0 aliphatic heterocycles. The quantitative estimate of drug-likeness (QED) is 0.755. The molecule has 0 atom stereocenters. The van der Waals surface area contributed by atoms with Gasteiger partial charge in [0, 0.05) is 25.0 Å². The Bertz CT molecular complexity index is 216. The van der Waals surface area contributed by atoms with Crippen molar-refractivity contribution in [3.63, 3.8) is 0 Å². The van der Waals surface area contributed by atoms with Gasteiger partial charge in [-0.3, -0.25) is 4.79 Å². The fraction of sp³-hybridized carbons (Fsp3) is 0.923. The van der Waals surface area contributed by atoms with Crippen LogP contribution in [-0.4, -0.2) is 29.4 Å². The lowest BCUT2D eigenvalue weighted by Crippen LogP contribution is -2.44. The fourth-order valence-corrected chi connectivity index (χ4v) is 2.57. The topological polar surface area (TPSA) is 46.3 Å². The number of amides is 1. The number of hydrogen-bond acceptors (Lipinski definition) is 2. The van der Waals surface area contributed by atoms with Crippen molar-refractivity contribution in [2.24, 2.45) is 5.73 Å². The van der Waals surface area contributed by atoms with Crippen LogP contribution < -0.4 is 5.73 Å². The second-order valence-electron chi connectivity index (χ2n) is 5.13. The second kappa shape index (κ2) is 6.24. The molecule has 1 saturated carbocycles. The van der Waals surface area contributed by atoms with Gasteiger partial charge in [0.2, 0.25) is 5.91 Å². The summed E-state index contributed by atoms with van der Waals surface area (Å²) in [7, 11) is 0. The Morgan fingerprint density at radius 3 is 2.12 bits per heavy atom. The summed E-state index contributed by atoms with van der Waals surface area (Å²) in [4.78, 5) is 14.1. The summed E-state index contributed by atoms with van der Waals surface area (Å²) < 4.78 is 0. The predicted octanol–water partition coefficient (Wildman–Crippen LogP) is 2.30. The molecule has 1 fully saturated rings. The molecule has 0 bridgehead atoms. The first kappa shape index (κ1) is 13.5. The third-order valence-corrected chi connectivity index (χ3v) is 3.44. The Morgan fingerprint density at radius 2 is 1.69 bits per heavy atom. The highest BCUT2D eigenvalue weighted by atomic mass is 16.2. The van der Waals surface area contributed by atoms with Gasteiger partial charge in [-0.2, -0.15) is 0 Å². The first-order valence-electron chi connectivity index (χ1n) is 6.68. The Labute approximate surface area is 99.4 Å². The highest BCUT2D eigenvalue weighted by Gasteiger charge is 2.32. The lowest BCUT2D eigenvalue weighted by molar-refractivity contribution is -0.132. The lowest BCUT2D eigenvalue weighted by atomic mass is 9.94. The van der Waals surface area contributed by atoms with Crippen LogP contribution in [0.2, 0.25) is 0 Å². The van der Waals surface area contributed by atoms with E-state index in [9.17, 15) is 4.79 Å². The number of nitrogens with two attached hydrogens (primary N) is 1. The zero-order valence-corrected chi connectivity index (χ0v) is 10.8. The number of hydrogen-bond donors (Lipinski definition) is 1. The van der Waals surface area contributed by atoms with Gasteiger partial charge in [-0.15, -0.1) is 0 Å². The van der Waals surface area contributed by atoms with Gasteiger partial charge in [0.05, 0.1) is 0 Å². The zero-order valence-electron chi connectivity index (χ0n) is 10.8. The molecule has 2 N–H and O–H groups in total. The highest BCUT2D eigenvalue weighted by molar-refractivity contribution is 5.77. The average Bonchev–Trinajstić information content (AvgIpc) is 2.64. The van der Waals surface area contributed by atoms with Gasteiger partial charge >= 0.3 is 0 Å². The van der Waals surface area contributed by atoms with Crippen LogP contribution in [0.15, 0.2) is 0 Å². The minimum Gasteiger partial charge on any atom is -0.343 e. The van der Waals surface area contributed by atoms with Gasteiger partial charge in [0.1, 0.15) is 0 Å². The summed E-state index contributed by atoms with van der Waals surface area (Å²) in [6, 6.07) is 0. The molecular formula is C13H26N2O. The highest BCUT2D eigenvalue weighted by Crippen LogP contribution is 2.30. The van der Waals surface area contributed by atoms with E-state index in [0.717, 1.165) is 38.8 Å². The summed E-state index contributed by atoms with van der Waals surface area (Å²) in [5.41, 5.74) is 6.04. The van der Waals surface area contributed by atoms with Gasteiger partial charge in [0.25, 0.3) is 0 Å². The maximum atomic E-state index is 12.1. The van der Waals surface area contributed by atoms with Crippen LogP contribution in [0.1, 0.15) is 58.8 Å². The molecule has 0 radical (unpaired) electrons. The molecule has 0 unspecified atom stereocenters. The molecule has 1 aliphatic rings. The summed E-state index contributed by atoms with van der Waals surface area (Å²) in [6.07, 6.45) is 7.02. The first-order chi connectivity index (χ1) is 7.61. The number of carbonyl (C=O) groups is 1. The molecule has 3 heteroatoms. The first-order valence-corrected chi connectivity index (χ1v) is 6.68. The van der Waals surface area contributed by atoms with Gasteiger partial charge in [-0.25, -0.2) is 0 Å². The van der Waals surface area contributed by atoms with E-state index in [-0.39, 0.29) is 11.4 Å². The van der Waals surface area contributed by atoms with Crippen molar-refractivity contribution >= 4 is 5.91 Å². The number of nitrogens with zero attached hydrogens (tertiary/aromatic N) is 1. The van der Waals surface area contributed by atoms with E-state index < -0.39 is 0 Å². The van der Waals surface area contributed by atoms with Gasteiger partial charge in [0.15, 0.2) is 0 Å². The van der Waals surface area contributed by atoms with E-state index in [1.165, 1.54) is 12.8 Å². The van der Waals surface area contributed by atoms with E-state index in [4.69, 9.17) is 5.73 Å². The Balaban J connectivity index is 2.47. The standard InChI is InChI=1S/C13H26N2O/c1-3-9-15(10-4-2)12(16)11-13(14)7-5-6-8-13/h3-11,14H2,1-2H3.